The molecule has 2 saturated heterocycles. The van der Waals surface area contributed by atoms with Gasteiger partial charge in [-0.25, -0.2) is 9.59 Å². The monoisotopic (exact) mass is 582 g/mol. The molecule has 2 heterocycles. The maximum absolute atomic E-state index is 11.4. The Morgan fingerprint density at radius 3 is 1.59 bits per heavy atom. The van der Waals surface area contributed by atoms with E-state index in [2.05, 4.69) is 83.7 Å². The van der Waals surface area contributed by atoms with Crippen molar-refractivity contribution in [2.24, 2.45) is 0 Å². The Hall–Kier alpha value is 0.520. The van der Waals surface area contributed by atoms with Gasteiger partial charge in [-0.1, -0.05) is 13.2 Å². The van der Waals surface area contributed by atoms with E-state index in [0.29, 0.717) is 44.0 Å². The highest BCUT2D eigenvalue weighted by molar-refractivity contribution is 8.22. The highest BCUT2D eigenvalue weighted by atomic mass is 32.2. The molecule has 4 unspecified atom stereocenters. The number of ether oxygens (including phenoxy) is 2. The summed E-state index contributed by atoms with van der Waals surface area (Å²) < 4.78 is 11.8. The second kappa shape index (κ2) is 17.9. The smallest absolute Gasteiger partial charge is 0.333 e. The van der Waals surface area contributed by atoms with E-state index in [0.717, 1.165) is 25.7 Å². The van der Waals surface area contributed by atoms with E-state index in [9.17, 15) is 9.59 Å². The minimum atomic E-state index is -0.274. The highest BCUT2D eigenvalue weighted by Gasteiger charge is 2.26. The zero-order chi connectivity index (χ0) is 24.8. The molecule has 10 heteroatoms. The molecule has 0 aromatic heterocycles. The average molecular weight is 583 g/mol. The lowest BCUT2D eigenvalue weighted by molar-refractivity contribution is -0.139. The van der Waals surface area contributed by atoms with Crippen LogP contribution in [0, 0.1) is 0 Å². The van der Waals surface area contributed by atoms with Crippen LogP contribution in [0.4, 0.5) is 0 Å². The molecule has 0 aromatic rings. The van der Waals surface area contributed by atoms with Gasteiger partial charge in [-0.05, 0) is 39.5 Å². The highest BCUT2D eigenvalue weighted by Crippen LogP contribution is 2.42. The quantitative estimate of drug-likeness (QED) is 0.106. The fraction of sp³-hybridized carbons (Fsp3) is 0.750. The zero-order valence-electron chi connectivity index (χ0n) is 20.3. The second-order valence-corrected chi connectivity index (χ2v) is 16.7. The van der Waals surface area contributed by atoms with Gasteiger partial charge in [0.2, 0.25) is 0 Å². The number of hydrogen-bond acceptors (Lipinski definition) is 10. The van der Waals surface area contributed by atoms with Gasteiger partial charge < -0.3 is 9.47 Å². The van der Waals surface area contributed by atoms with Crippen LogP contribution >= 0.6 is 70.6 Å². The van der Waals surface area contributed by atoms with Crippen LogP contribution in [-0.2, 0) is 19.1 Å². The van der Waals surface area contributed by atoms with E-state index in [-0.39, 0.29) is 11.9 Å². The van der Waals surface area contributed by atoms with Crippen molar-refractivity contribution in [3.8, 4) is 0 Å². The minimum Gasteiger partial charge on any atom is -0.462 e. The second-order valence-electron chi connectivity index (χ2n) is 8.31. The maximum atomic E-state index is 11.4. The van der Waals surface area contributed by atoms with Crippen LogP contribution in [0.25, 0.3) is 0 Å². The molecular formula is C24H38O4S6. The van der Waals surface area contributed by atoms with E-state index >= 15 is 0 Å². The molecule has 0 spiro atoms. The van der Waals surface area contributed by atoms with Gasteiger partial charge in [-0.2, -0.15) is 23.5 Å². The van der Waals surface area contributed by atoms with Crippen LogP contribution in [0.2, 0.25) is 0 Å². The molecule has 0 N–H and O–H groups in total. The van der Waals surface area contributed by atoms with Crippen LogP contribution in [0.5, 0.6) is 0 Å². The van der Waals surface area contributed by atoms with Gasteiger partial charge in [0.25, 0.3) is 0 Å². The third-order valence-corrected chi connectivity index (χ3v) is 14.9. The van der Waals surface area contributed by atoms with E-state index in [1.807, 2.05) is 0 Å². The van der Waals surface area contributed by atoms with Crippen molar-refractivity contribution < 1.29 is 19.1 Å². The van der Waals surface area contributed by atoms with Gasteiger partial charge >= 0.3 is 11.9 Å². The molecular weight excluding hydrogens is 545 g/mol. The lowest BCUT2D eigenvalue weighted by atomic mass is 10.2. The molecule has 2 fully saturated rings. The van der Waals surface area contributed by atoms with Crippen LogP contribution in [0.1, 0.15) is 39.5 Å². The Balaban J connectivity index is 1.40. The molecule has 2 aliphatic rings. The molecule has 0 radical (unpaired) electrons. The first-order chi connectivity index (χ1) is 16.3. The minimum absolute atomic E-state index is 0.274. The van der Waals surface area contributed by atoms with Crippen LogP contribution in [0.3, 0.4) is 0 Å². The Morgan fingerprint density at radius 1 is 0.794 bits per heavy atom. The molecule has 0 saturated carbocycles. The normalized spacial score (nSPS) is 24.2. The van der Waals surface area contributed by atoms with Gasteiger partial charge in [-0.3, -0.25) is 0 Å². The number of rotatable bonds is 17. The molecule has 0 amide bonds. The van der Waals surface area contributed by atoms with Crippen molar-refractivity contribution in [2.75, 3.05) is 47.7 Å². The molecule has 0 bridgehead atoms. The summed E-state index contributed by atoms with van der Waals surface area (Å²) >= 11 is 12.6. The first kappa shape index (κ1) is 30.7. The Bertz CT molecular complexity index is 618. The SMILES string of the molecule is C=C(C)C(=O)OCCCC1CSC(CSCCSCC2SCC(CCCOC(=O)C(=C)C)S2)S1. The summed E-state index contributed by atoms with van der Waals surface area (Å²) in [6, 6.07) is 0. The van der Waals surface area contributed by atoms with Gasteiger partial charge in [-0.15, -0.1) is 47.0 Å². The van der Waals surface area contributed by atoms with E-state index < -0.39 is 0 Å². The Kier molecular flexibility index (Phi) is 16.2. The topological polar surface area (TPSA) is 52.6 Å². The number of hydrogen-bond donors (Lipinski definition) is 0. The molecule has 4 atom stereocenters. The number of esters is 2. The lowest BCUT2D eigenvalue weighted by Gasteiger charge is -2.12. The summed E-state index contributed by atoms with van der Waals surface area (Å²) in [7, 11) is 0. The van der Waals surface area contributed by atoms with Crippen molar-refractivity contribution in [3.63, 3.8) is 0 Å². The fourth-order valence-electron chi connectivity index (χ4n) is 3.17. The van der Waals surface area contributed by atoms with E-state index in [4.69, 9.17) is 9.47 Å². The number of carbonyl (C=O) groups is 2. The van der Waals surface area contributed by atoms with Gasteiger partial charge in [0.15, 0.2) is 0 Å². The fourth-order valence-corrected chi connectivity index (χ4v) is 13.2. The lowest BCUT2D eigenvalue weighted by Crippen LogP contribution is -2.09. The van der Waals surface area contributed by atoms with Crippen LogP contribution < -0.4 is 0 Å². The summed E-state index contributed by atoms with van der Waals surface area (Å²) in [6.45, 7) is 11.6. The molecule has 4 nitrogen and oxygen atoms in total. The van der Waals surface area contributed by atoms with Crippen molar-refractivity contribution in [2.45, 2.75) is 59.2 Å². The predicted molar refractivity (Wildman–Crippen MR) is 160 cm³/mol. The number of carbonyl (C=O) groups excluding carboxylic acids is 2. The van der Waals surface area contributed by atoms with Crippen molar-refractivity contribution in [1.29, 1.82) is 0 Å². The van der Waals surface area contributed by atoms with E-state index in [1.165, 1.54) is 34.5 Å². The van der Waals surface area contributed by atoms with Gasteiger partial charge in [0.1, 0.15) is 0 Å². The van der Waals surface area contributed by atoms with Crippen LogP contribution in [-0.4, -0.2) is 79.3 Å². The molecule has 194 valence electrons. The first-order valence-corrected chi connectivity index (χ1v) is 18.0. The molecule has 2 aliphatic heterocycles. The van der Waals surface area contributed by atoms with Crippen molar-refractivity contribution in [3.05, 3.63) is 24.3 Å². The molecule has 34 heavy (non-hydrogen) atoms. The van der Waals surface area contributed by atoms with Crippen LogP contribution in [0.15, 0.2) is 24.3 Å². The number of thioether (sulfide) groups is 6. The Labute approximate surface area is 231 Å². The third-order valence-electron chi connectivity index (χ3n) is 5.01. The summed E-state index contributed by atoms with van der Waals surface area (Å²) in [6.07, 6.45) is 4.12. The van der Waals surface area contributed by atoms with Gasteiger partial charge in [0.05, 0.1) is 22.4 Å². The zero-order valence-corrected chi connectivity index (χ0v) is 25.2. The van der Waals surface area contributed by atoms with Crippen molar-refractivity contribution in [1.82, 2.24) is 0 Å². The molecule has 0 aromatic carbocycles. The largest absolute Gasteiger partial charge is 0.462 e. The predicted octanol–water partition coefficient (Wildman–Crippen LogP) is 6.60. The Morgan fingerprint density at radius 2 is 1.21 bits per heavy atom. The summed E-state index contributed by atoms with van der Waals surface area (Å²) in [5.74, 6) is 6.78. The summed E-state index contributed by atoms with van der Waals surface area (Å²) in [5, 5.41) is 1.38. The standard InChI is InChI=1S/C24H38O4S6/c1-17(2)23(25)27-9-5-7-19-13-31-21(33-19)15-29-11-12-30-16-22-32-14-20(34-22)8-6-10-28-24(26)18(3)4/h19-22H,1,3,5-16H2,2,4H3. The van der Waals surface area contributed by atoms with Gasteiger partial charge in [0, 0.05) is 56.2 Å². The first-order valence-electron chi connectivity index (χ1n) is 11.7. The third kappa shape index (κ3) is 13.2. The average Bonchev–Trinajstić information content (AvgIpc) is 3.45. The maximum Gasteiger partial charge on any atom is 0.333 e. The summed E-state index contributed by atoms with van der Waals surface area (Å²) in [5.41, 5.74) is 0.948. The molecule has 0 aliphatic carbocycles. The van der Waals surface area contributed by atoms with E-state index in [1.54, 1.807) is 13.8 Å². The van der Waals surface area contributed by atoms with Crippen molar-refractivity contribution >= 4 is 82.5 Å². The molecule has 2 rings (SSSR count). The summed E-state index contributed by atoms with van der Waals surface area (Å²) in [4.78, 5) is 22.8.